The quantitative estimate of drug-likeness (QED) is 0.905. The highest BCUT2D eigenvalue weighted by molar-refractivity contribution is 5.61. The molecule has 1 aliphatic rings. The number of aryl methyl sites for hydroxylation is 1. The molecule has 0 spiro atoms. The van der Waals surface area contributed by atoms with Gasteiger partial charge in [0, 0.05) is 0 Å². The van der Waals surface area contributed by atoms with Crippen LogP contribution in [0.1, 0.15) is 17.2 Å². The number of methoxy groups -OCH3 is 1. The van der Waals surface area contributed by atoms with E-state index in [1.807, 2.05) is 31.2 Å². The van der Waals surface area contributed by atoms with Gasteiger partial charge in [-0.1, -0.05) is 18.2 Å². The van der Waals surface area contributed by atoms with E-state index in [-0.39, 0.29) is 17.7 Å². The maximum atomic E-state index is 13.8. The second-order valence-electron chi connectivity index (χ2n) is 4.83. The summed E-state index contributed by atoms with van der Waals surface area (Å²) in [4.78, 5) is 0. The second-order valence-corrected chi connectivity index (χ2v) is 4.83. The van der Waals surface area contributed by atoms with Gasteiger partial charge in [0.15, 0.2) is 11.6 Å². The van der Waals surface area contributed by atoms with Crippen LogP contribution in [-0.2, 0) is 0 Å². The summed E-state index contributed by atoms with van der Waals surface area (Å²) in [6.07, 6.45) is -0.205. The number of para-hydroxylation sites is 1. The first kappa shape index (κ1) is 12.8. The monoisotopic (exact) mass is 273 g/mol. The molecular formula is C16H16FNO2. The predicted octanol–water partition coefficient (Wildman–Crippen LogP) is 3.69. The molecule has 0 saturated heterocycles. The zero-order valence-electron chi connectivity index (χ0n) is 11.4. The Hall–Kier alpha value is -2.23. The van der Waals surface area contributed by atoms with Crippen LogP contribution < -0.4 is 14.8 Å². The summed E-state index contributed by atoms with van der Waals surface area (Å²) in [6, 6.07) is 10.9. The maximum Gasteiger partial charge on any atom is 0.165 e. The first-order valence-corrected chi connectivity index (χ1v) is 6.52. The fourth-order valence-electron chi connectivity index (χ4n) is 2.40. The van der Waals surface area contributed by atoms with Gasteiger partial charge >= 0.3 is 0 Å². The van der Waals surface area contributed by atoms with Crippen LogP contribution in [0.3, 0.4) is 0 Å². The van der Waals surface area contributed by atoms with E-state index < -0.39 is 0 Å². The molecule has 104 valence electrons. The van der Waals surface area contributed by atoms with Gasteiger partial charge in [-0.2, -0.15) is 0 Å². The van der Waals surface area contributed by atoms with Gasteiger partial charge in [0.1, 0.15) is 11.9 Å². The van der Waals surface area contributed by atoms with E-state index in [0.717, 1.165) is 22.6 Å². The molecule has 2 aromatic rings. The van der Waals surface area contributed by atoms with Gasteiger partial charge in [0.25, 0.3) is 0 Å². The van der Waals surface area contributed by atoms with Crippen LogP contribution in [0.25, 0.3) is 0 Å². The van der Waals surface area contributed by atoms with Crippen LogP contribution in [0.15, 0.2) is 36.4 Å². The first-order chi connectivity index (χ1) is 9.69. The number of fused-ring (bicyclic) bond motifs is 1. The minimum atomic E-state index is -0.371. The summed E-state index contributed by atoms with van der Waals surface area (Å²) in [5.41, 5.74) is 2.84. The molecule has 1 aliphatic heterocycles. The number of nitrogens with one attached hydrogen (secondary N) is 1. The van der Waals surface area contributed by atoms with Crippen molar-refractivity contribution in [3.05, 3.63) is 53.3 Å². The molecule has 0 aliphatic carbocycles. The Morgan fingerprint density at radius 3 is 2.90 bits per heavy atom. The van der Waals surface area contributed by atoms with Crippen LogP contribution >= 0.6 is 0 Å². The highest BCUT2D eigenvalue weighted by atomic mass is 19.1. The van der Waals surface area contributed by atoms with Crippen molar-refractivity contribution in [3.8, 4) is 11.5 Å². The van der Waals surface area contributed by atoms with Crippen molar-refractivity contribution in [3.63, 3.8) is 0 Å². The lowest BCUT2D eigenvalue weighted by Gasteiger charge is -2.29. The molecule has 0 radical (unpaired) electrons. The van der Waals surface area contributed by atoms with Gasteiger partial charge in [-0.25, -0.2) is 4.39 Å². The summed E-state index contributed by atoms with van der Waals surface area (Å²) >= 11 is 0. The number of halogens is 1. The zero-order chi connectivity index (χ0) is 14.1. The van der Waals surface area contributed by atoms with Crippen molar-refractivity contribution in [1.82, 2.24) is 0 Å². The summed E-state index contributed by atoms with van der Waals surface area (Å²) < 4.78 is 24.7. The minimum Gasteiger partial charge on any atom is -0.494 e. The third-order valence-electron chi connectivity index (χ3n) is 3.50. The largest absolute Gasteiger partial charge is 0.494 e. The Labute approximate surface area is 117 Å². The normalized spacial score (nSPS) is 16.9. The lowest BCUT2D eigenvalue weighted by atomic mass is 10.1. The standard InChI is InChI=1S/C16H16FNO2/c1-10-4-3-5-13-16(10)20-15(9-18-13)11-6-7-14(19-2)12(17)8-11/h3-8,15,18H,9H2,1-2H3. The third kappa shape index (κ3) is 2.18. The molecular weight excluding hydrogens is 257 g/mol. The SMILES string of the molecule is COc1ccc(C2CNc3cccc(C)c3O2)cc1F. The molecule has 1 atom stereocenters. The summed E-state index contributed by atoms with van der Waals surface area (Å²) in [7, 11) is 1.45. The molecule has 3 rings (SSSR count). The fraction of sp³-hybridized carbons (Fsp3) is 0.250. The molecule has 0 saturated carbocycles. The Morgan fingerprint density at radius 2 is 2.15 bits per heavy atom. The minimum absolute atomic E-state index is 0.205. The number of benzene rings is 2. The van der Waals surface area contributed by atoms with Gasteiger partial charge in [0.05, 0.1) is 19.3 Å². The van der Waals surface area contributed by atoms with Crippen molar-refractivity contribution in [2.24, 2.45) is 0 Å². The highest BCUT2D eigenvalue weighted by Gasteiger charge is 2.22. The van der Waals surface area contributed by atoms with Crippen molar-refractivity contribution in [2.45, 2.75) is 13.0 Å². The van der Waals surface area contributed by atoms with Gasteiger partial charge < -0.3 is 14.8 Å². The first-order valence-electron chi connectivity index (χ1n) is 6.52. The van der Waals surface area contributed by atoms with Crippen LogP contribution in [0.5, 0.6) is 11.5 Å². The second kappa shape index (κ2) is 5.04. The average molecular weight is 273 g/mol. The molecule has 3 nitrogen and oxygen atoms in total. The predicted molar refractivity (Wildman–Crippen MR) is 76.0 cm³/mol. The van der Waals surface area contributed by atoms with Gasteiger partial charge in [-0.3, -0.25) is 0 Å². The van der Waals surface area contributed by atoms with Crippen LogP contribution in [0.4, 0.5) is 10.1 Å². The molecule has 4 heteroatoms. The van der Waals surface area contributed by atoms with E-state index in [1.54, 1.807) is 6.07 Å². The smallest absolute Gasteiger partial charge is 0.165 e. The summed E-state index contributed by atoms with van der Waals surface area (Å²) in [6.45, 7) is 2.61. The Morgan fingerprint density at radius 1 is 1.30 bits per heavy atom. The molecule has 1 N–H and O–H groups in total. The molecule has 0 aromatic heterocycles. The van der Waals surface area contributed by atoms with Crippen LogP contribution in [0, 0.1) is 12.7 Å². The molecule has 0 fully saturated rings. The van der Waals surface area contributed by atoms with Crippen molar-refractivity contribution >= 4 is 5.69 Å². The maximum absolute atomic E-state index is 13.8. The summed E-state index contributed by atoms with van der Waals surface area (Å²) in [5.74, 6) is 0.707. The number of hydrogen-bond donors (Lipinski definition) is 1. The highest BCUT2D eigenvalue weighted by Crippen LogP contribution is 2.37. The third-order valence-corrected chi connectivity index (χ3v) is 3.50. The van der Waals surface area contributed by atoms with E-state index in [1.165, 1.54) is 13.2 Å². The van der Waals surface area contributed by atoms with E-state index in [0.29, 0.717) is 6.54 Å². The van der Waals surface area contributed by atoms with E-state index >= 15 is 0 Å². The van der Waals surface area contributed by atoms with Crippen molar-refractivity contribution in [2.75, 3.05) is 19.0 Å². The zero-order valence-corrected chi connectivity index (χ0v) is 11.4. The fourth-order valence-corrected chi connectivity index (χ4v) is 2.40. The summed E-state index contributed by atoms with van der Waals surface area (Å²) in [5, 5.41) is 3.32. The molecule has 1 unspecified atom stereocenters. The van der Waals surface area contributed by atoms with E-state index in [2.05, 4.69) is 5.32 Å². The number of ether oxygens (including phenoxy) is 2. The van der Waals surface area contributed by atoms with Crippen molar-refractivity contribution in [1.29, 1.82) is 0 Å². The number of rotatable bonds is 2. The molecule has 0 bridgehead atoms. The topological polar surface area (TPSA) is 30.5 Å². The molecule has 1 heterocycles. The van der Waals surface area contributed by atoms with Crippen molar-refractivity contribution < 1.29 is 13.9 Å². The Kier molecular flexibility index (Phi) is 3.22. The van der Waals surface area contributed by atoms with Gasteiger partial charge in [-0.05, 0) is 36.2 Å². The molecule has 0 amide bonds. The number of hydrogen-bond acceptors (Lipinski definition) is 3. The Balaban J connectivity index is 1.90. The van der Waals surface area contributed by atoms with Gasteiger partial charge in [-0.15, -0.1) is 0 Å². The van der Waals surface area contributed by atoms with E-state index in [9.17, 15) is 4.39 Å². The average Bonchev–Trinajstić information content (AvgIpc) is 2.47. The lowest BCUT2D eigenvalue weighted by molar-refractivity contribution is 0.208. The van der Waals surface area contributed by atoms with Gasteiger partial charge in [0.2, 0.25) is 0 Å². The molecule has 20 heavy (non-hydrogen) atoms. The lowest BCUT2D eigenvalue weighted by Crippen LogP contribution is -2.24. The van der Waals surface area contributed by atoms with Crippen LogP contribution in [0.2, 0.25) is 0 Å². The van der Waals surface area contributed by atoms with E-state index in [4.69, 9.17) is 9.47 Å². The molecule has 2 aromatic carbocycles. The number of anilines is 1. The van der Waals surface area contributed by atoms with Crippen LogP contribution in [-0.4, -0.2) is 13.7 Å². The Bertz CT molecular complexity index is 642.